The molecule has 11 nitrogen and oxygen atoms in total. The Morgan fingerprint density at radius 1 is 0.872 bits per heavy atom. The first-order valence-corrected chi connectivity index (χ1v) is 12.9. The molecule has 0 aromatic carbocycles. The van der Waals surface area contributed by atoms with Crippen LogP contribution in [0, 0.1) is 11.7 Å². The van der Waals surface area contributed by atoms with E-state index in [1.807, 2.05) is 12.4 Å². The predicted molar refractivity (Wildman–Crippen MR) is 136 cm³/mol. The number of pyridine rings is 2. The number of alkyl halides is 9. The molecule has 0 saturated carbocycles. The Morgan fingerprint density at radius 3 is 1.81 bits per heavy atom. The Kier molecular flexibility index (Phi) is 15.3. The molecule has 1 spiro atoms. The van der Waals surface area contributed by atoms with Crippen molar-refractivity contribution in [2.75, 3.05) is 26.3 Å². The van der Waals surface area contributed by atoms with Crippen molar-refractivity contribution in [3.05, 3.63) is 54.2 Å². The average molecular weight is 699 g/mol. The number of likely N-dealkylation sites (tertiary alicyclic amines) is 1. The van der Waals surface area contributed by atoms with E-state index in [0.29, 0.717) is 12.5 Å². The Morgan fingerprint density at radius 2 is 1.36 bits per heavy atom. The van der Waals surface area contributed by atoms with Gasteiger partial charge in [-0.15, -0.1) is 0 Å². The van der Waals surface area contributed by atoms with E-state index in [1.54, 1.807) is 12.3 Å². The van der Waals surface area contributed by atoms with E-state index in [4.69, 9.17) is 39.2 Å². The zero-order chi connectivity index (χ0) is 36.1. The van der Waals surface area contributed by atoms with Crippen LogP contribution in [0.25, 0.3) is 0 Å². The zero-order valence-electron chi connectivity index (χ0n) is 23.8. The summed E-state index contributed by atoms with van der Waals surface area (Å²) in [6, 6.07) is 7.06. The largest absolute Gasteiger partial charge is 0.490 e. The molecule has 0 bridgehead atoms. The zero-order valence-corrected chi connectivity index (χ0v) is 23.8. The number of aliphatic carboxylic acids is 3. The average Bonchev–Trinajstić information content (AvgIpc) is 2.93. The number of rotatable bonds is 6. The standard InChI is InChI=1S/C20H24FN3O2.3C2HF3O2/c21-18-2-1-7-23-19(18)25-10-5-16-6-11-26-20(12-16)14-24(15-20)13-17-3-8-22-9-4-17;3*3-2(4,5)1(6)7/h1-4,7-9,16H,5-6,10-15H2;3*(H,6,7). The molecule has 21 heteroatoms. The van der Waals surface area contributed by atoms with Crippen LogP contribution in [0.3, 0.4) is 0 Å². The van der Waals surface area contributed by atoms with Crippen LogP contribution in [0.4, 0.5) is 43.9 Å². The molecule has 2 aromatic heterocycles. The molecule has 4 heterocycles. The number of carboxylic acid groups (broad SMARTS) is 3. The summed E-state index contributed by atoms with van der Waals surface area (Å²) in [6.45, 7) is 4.19. The fourth-order valence-corrected chi connectivity index (χ4v) is 4.02. The summed E-state index contributed by atoms with van der Waals surface area (Å²) in [5.41, 5.74) is 1.28. The highest BCUT2D eigenvalue weighted by Gasteiger charge is 2.47. The van der Waals surface area contributed by atoms with Crippen LogP contribution in [0.2, 0.25) is 0 Å². The molecule has 1 atom stereocenters. The summed E-state index contributed by atoms with van der Waals surface area (Å²) < 4.78 is 120. The van der Waals surface area contributed by atoms with E-state index in [1.165, 1.54) is 11.6 Å². The lowest BCUT2D eigenvalue weighted by atomic mass is 9.79. The van der Waals surface area contributed by atoms with Gasteiger partial charge in [0.1, 0.15) is 0 Å². The maximum absolute atomic E-state index is 13.5. The van der Waals surface area contributed by atoms with Gasteiger partial charge in [-0.3, -0.25) is 9.88 Å². The smallest absolute Gasteiger partial charge is 0.476 e. The molecule has 2 aromatic rings. The van der Waals surface area contributed by atoms with Gasteiger partial charge < -0.3 is 24.8 Å². The van der Waals surface area contributed by atoms with E-state index in [9.17, 15) is 43.9 Å². The lowest BCUT2D eigenvalue weighted by Gasteiger charge is -2.53. The van der Waals surface area contributed by atoms with Crippen LogP contribution in [0.1, 0.15) is 24.8 Å². The quantitative estimate of drug-likeness (QED) is 0.350. The van der Waals surface area contributed by atoms with Crippen molar-refractivity contribution in [2.45, 2.75) is 49.9 Å². The second-order valence-corrected chi connectivity index (χ2v) is 9.73. The summed E-state index contributed by atoms with van der Waals surface area (Å²) in [5.74, 6) is -8.02. The van der Waals surface area contributed by atoms with Crippen LogP contribution in [-0.2, 0) is 25.7 Å². The van der Waals surface area contributed by atoms with Crippen LogP contribution in [0.15, 0.2) is 42.9 Å². The van der Waals surface area contributed by atoms with Crippen molar-refractivity contribution in [1.82, 2.24) is 14.9 Å². The van der Waals surface area contributed by atoms with Crippen molar-refractivity contribution in [3.63, 3.8) is 0 Å². The number of nitrogens with zero attached hydrogens (tertiary/aromatic N) is 3. The van der Waals surface area contributed by atoms with E-state index in [0.717, 1.165) is 45.5 Å². The SMILES string of the molecule is Fc1cccnc1OCCC1CCOC2(C1)CN(Cc1ccncc1)C2.O=C(O)C(F)(F)F.O=C(O)C(F)(F)F.O=C(O)C(F)(F)F. The summed E-state index contributed by atoms with van der Waals surface area (Å²) in [4.78, 5) is 37.1. The molecule has 0 radical (unpaired) electrons. The molecule has 2 aliphatic heterocycles. The molecule has 0 amide bonds. The van der Waals surface area contributed by atoms with Crippen LogP contribution in [0.5, 0.6) is 5.88 Å². The number of hydrogen-bond acceptors (Lipinski definition) is 8. The number of ether oxygens (including phenoxy) is 2. The van der Waals surface area contributed by atoms with Crippen LogP contribution in [-0.4, -0.2) is 98.5 Å². The highest BCUT2D eigenvalue weighted by molar-refractivity contribution is 5.73. The predicted octanol–water partition coefficient (Wildman–Crippen LogP) is 4.97. The Hall–Kier alpha value is -4.27. The summed E-state index contributed by atoms with van der Waals surface area (Å²) in [5, 5.41) is 21.4. The Bertz CT molecular complexity index is 1230. The van der Waals surface area contributed by atoms with E-state index in [2.05, 4.69) is 27.0 Å². The number of halogens is 10. The highest BCUT2D eigenvalue weighted by atomic mass is 19.4. The molecule has 2 aliphatic rings. The first-order chi connectivity index (χ1) is 21.6. The maximum Gasteiger partial charge on any atom is 0.490 e. The molecule has 4 rings (SSSR count). The molecule has 264 valence electrons. The minimum absolute atomic E-state index is 0.00774. The molecular formula is C26H27F10N3O8. The van der Waals surface area contributed by atoms with Gasteiger partial charge in [-0.25, -0.2) is 23.8 Å². The number of aromatic nitrogens is 2. The Balaban J connectivity index is 0.000000430. The first-order valence-electron chi connectivity index (χ1n) is 12.9. The second kappa shape index (κ2) is 17.6. The summed E-state index contributed by atoms with van der Waals surface area (Å²) >= 11 is 0. The molecule has 2 saturated heterocycles. The van der Waals surface area contributed by atoms with Gasteiger partial charge in [0.15, 0.2) is 5.82 Å². The minimum atomic E-state index is -5.08. The lowest BCUT2D eigenvalue weighted by molar-refractivity contribution is -0.193. The van der Waals surface area contributed by atoms with Gasteiger partial charge in [0, 0.05) is 44.8 Å². The topological polar surface area (TPSA) is 159 Å². The van der Waals surface area contributed by atoms with Gasteiger partial charge in [-0.05, 0) is 55.0 Å². The normalized spacial score (nSPS) is 17.3. The third-order valence-corrected chi connectivity index (χ3v) is 5.99. The van der Waals surface area contributed by atoms with Gasteiger partial charge in [0.2, 0.25) is 5.88 Å². The second-order valence-electron chi connectivity index (χ2n) is 9.73. The lowest BCUT2D eigenvalue weighted by Crippen LogP contribution is -2.64. The van der Waals surface area contributed by atoms with Crippen LogP contribution < -0.4 is 4.74 Å². The first kappa shape index (κ1) is 40.8. The summed E-state index contributed by atoms with van der Waals surface area (Å²) in [7, 11) is 0. The van der Waals surface area contributed by atoms with Crippen molar-refractivity contribution in [3.8, 4) is 5.88 Å². The van der Waals surface area contributed by atoms with Gasteiger partial charge in [-0.2, -0.15) is 39.5 Å². The van der Waals surface area contributed by atoms with Crippen molar-refractivity contribution >= 4 is 17.9 Å². The number of carboxylic acids is 3. The monoisotopic (exact) mass is 699 g/mol. The third-order valence-electron chi connectivity index (χ3n) is 5.99. The highest BCUT2D eigenvalue weighted by Crippen LogP contribution is 2.38. The minimum Gasteiger partial charge on any atom is -0.476 e. The van der Waals surface area contributed by atoms with Gasteiger partial charge in [0.05, 0.1) is 12.2 Å². The van der Waals surface area contributed by atoms with Gasteiger partial charge in [0.25, 0.3) is 0 Å². The van der Waals surface area contributed by atoms with E-state index < -0.39 is 42.3 Å². The number of carbonyl (C=O) groups is 3. The fourth-order valence-electron chi connectivity index (χ4n) is 4.02. The molecule has 3 N–H and O–H groups in total. The van der Waals surface area contributed by atoms with E-state index >= 15 is 0 Å². The Labute approximate surface area is 258 Å². The molecular weight excluding hydrogens is 672 g/mol. The van der Waals surface area contributed by atoms with Crippen molar-refractivity contribution in [1.29, 1.82) is 0 Å². The fraction of sp³-hybridized carbons (Fsp3) is 0.500. The van der Waals surface area contributed by atoms with Crippen molar-refractivity contribution in [2.24, 2.45) is 5.92 Å². The molecule has 0 aliphatic carbocycles. The van der Waals surface area contributed by atoms with Gasteiger partial charge in [-0.1, -0.05) is 0 Å². The third kappa shape index (κ3) is 15.7. The summed E-state index contributed by atoms with van der Waals surface area (Å²) in [6.07, 6.45) is -7.03. The van der Waals surface area contributed by atoms with Gasteiger partial charge >= 0.3 is 36.4 Å². The van der Waals surface area contributed by atoms with E-state index in [-0.39, 0.29) is 11.5 Å². The molecule has 47 heavy (non-hydrogen) atoms. The number of hydrogen-bond donors (Lipinski definition) is 3. The van der Waals surface area contributed by atoms with Crippen molar-refractivity contribution < 1.29 is 83.1 Å². The molecule has 1 unspecified atom stereocenters. The maximum atomic E-state index is 13.5. The van der Waals surface area contributed by atoms with Crippen LogP contribution >= 0.6 is 0 Å². The molecule has 2 fully saturated rings.